The number of rotatable bonds is 6. The van der Waals surface area contributed by atoms with Crippen LogP contribution in [-0.2, 0) is 14.3 Å². The van der Waals surface area contributed by atoms with E-state index in [1.165, 1.54) is 7.11 Å². The number of carbonyl (C=O) groups is 2. The van der Waals surface area contributed by atoms with Gasteiger partial charge in [0.1, 0.15) is 0 Å². The van der Waals surface area contributed by atoms with Gasteiger partial charge in [-0.3, -0.25) is 9.59 Å². The summed E-state index contributed by atoms with van der Waals surface area (Å²) in [4.78, 5) is 25.6. The number of hydrogen-bond donors (Lipinski definition) is 0. The standard InChI is InChI=1S/C13H23NO3/c1-5-8-14(10-6-7-10)11(15)9-13(2,3)12(16)17-4/h10H,5-9H2,1-4H3. The van der Waals surface area contributed by atoms with Crippen molar-refractivity contribution in [1.82, 2.24) is 4.90 Å². The quantitative estimate of drug-likeness (QED) is 0.668. The smallest absolute Gasteiger partial charge is 0.311 e. The number of methoxy groups -OCH3 is 1. The Balaban J connectivity index is 2.59. The predicted molar refractivity (Wildman–Crippen MR) is 65.4 cm³/mol. The van der Waals surface area contributed by atoms with Crippen LogP contribution in [0.1, 0.15) is 46.5 Å². The number of esters is 1. The largest absolute Gasteiger partial charge is 0.469 e. The van der Waals surface area contributed by atoms with Crippen LogP contribution in [0.25, 0.3) is 0 Å². The maximum atomic E-state index is 12.2. The molecule has 0 atom stereocenters. The molecule has 0 aromatic carbocycles. The Bertz CT molecular complexity index is 295. The van der Waals surface area contributed by atoms with E-state index in [4.69, 9.17) is 4.74 Å². The van der Waals surface area contributed by atoms with Gasteiger partial charge in [0, 0.05) is 19.0 Å². The van der Waals surface area contributed by atoms with Gasteiger partial charge in [-0.2, -0.15) is 0 Å². The van der Waals surface area contributed by atoms with Crippen LogP contribution in [0.3, 0.4) is 0 Å². The molecule has 17 heavy (non-hydrogen) atoms. The SMILES string of the molecule is CCCN(C(=O)CC(C)(C)C(=O)OC)C1CC1. The van der Waals surface area contributed by atoms with Crippen molar-refractivity contribution in [2.24, 2.45) is 5.41 Å². The second-order valence-corrected chi connectivity index (χ2v) is 5.37. The van der Waals surface area contributed by atoms with E-state index >= 15 is 0 Å². The zero-order valence-electron chi connectivity index (χ0n) is 11.3. The molecule has 0 bridgehead atoms. The van der Waals surface area contributed by atoms with Gasteiger partial charge < -0.3 is 9.64 Å². The summed E-state index contributed by atoms with van der Waals surface area (Å²) in [5.41, 5.74) is -0.729. The highest BCUT2D eigenvalue weighted by Gasteiger charge is 2.37. The minimum Gasteiger partial charge on any atom is -0.469 e. The third-order valence-electron chi connectivity index (χ3n) is 3.10. The summed E-state index contributed by atoms with van der Waals surface area (Å²) in [6.07, 6.45) is 3.39. The summed E-state index contributed by atoms with van der Waals surface area (Å²) in [7, 11) is 1.36. The van der Waals surface area contributed by atoms with Crippen molar-refractivity contribution in [3.63, 3.8) is 0 Å². The topological polar surface area (TPSA) is 46.6 Å². The number of ether oxygens (including phenoxy) is 1. The second kappa shape index (κ2) is 5.52. The third kappa shape index (κ3) is 3.72. The number of hydrogen-bond acceptors (Lipinski definition) is 3. The van der Waals surface area contributed by atoms with E-state index in [0.29, 0.717) is 6.04 Å². The van der Waals surface area contributed by atoms with E-state index in [9.17, 15) is 9.59 Å². The van der Waals surface area contributed by atoms with Crippen LogP contribution < -0.4 is 0 Å². The molecule has 0 spiro atoms. The summed E-state index contributed by atoms with van der Waals surface area (Å²) in [5, 5.41) is 0. The molecular weight excluding hydrogens is 218 g/mol. The van der Waals surface area contributed by atoms with E-state index in [-0.39, 0.29) is 18.3 Å². The lowest BCUT2D eigenvalue weighted by molar-refractivity contribution is -0.154. The van der Waals surface area contributed by atoms with Gasteiger partial charge in [0.25, 0.3) is 0 Å². The zero-order chi connectivity index (χ0) is 13.1. The van der Waals surface area contributed by atoms with Crippen molar-refractivity contribution in [2.75, 3.05) is 13.7 Å². The first-order valence-corrected chi connectivity index (χ1v) is 6.30. The Morgan fingerprint density at radius 1 is 1.35 bits per heavy atom. The number of carbonyl (C=O) groups excluding carboxylic acids is 2. The van der Waals surface area contributed by atoms with Crippen molar-refractivity contribution in [3.8, 4) is 0 Å². The fraction of sp³-hybridized carbons (Fsp3) is 0.846. The van der Waals surface area contributed by atoms with Crippen molar-refractivity contribution >= 4 is 11.9 Å². The van der Waals surface area contributed by atoms with Gasteiger partial charge in [-0.05, 0) is 33.1 Å². The van der Waals surface area contributed by atoms with Gasteiger partial charge in [0.2, 0.25) is 5.91 Å². The Morgan fingerprint density at radius 3 is 2.35 bits per heavy atom. The second-order valence-electron chi connectivity index (χ2n) is 5.37. The van der Waals surface area contributed by atoms with Crippen LogP contribution in [0.5, 0.6) is 0 Å². The van der Waals surface area contributed by atoms with Crippen molar-refractivity contribution < 1.29 is 14.3 Å². The first-order chi connectivity index (χ1) is 7.92. The molecule has 1 aliphatic rings. The van der Waals surface area contributed by atoms with E-state index in [1.807, 2.05) is 4.90 Å². The molecular formula is C13H23NO3. The molecule has 1 amide bonds. The van der Waals surface area contributed by atoms with Gasteiger partial charge in [-0.1, -0.05) is 6.92 Å². The first kappa shape index (κ1) is 14.0. The van der Waals surface area contributed by atoms with Crippen molar-refractivity contribution in [1.29, 1.82) is 0 Å². The molecule has 0 saturated heterocycles. The van der Waals surface area contributed by atoms with Crippen LogP contribution in [0.15, 0.2) is 0 Å². The lowest BCUT2D eigenvalue weighted by Gasteiger charge is -2.27. The molecule has 0 radical (unpaired) electrons. The average Bonchev–Trinajstić information content (AvgIpc) is 3.07. The maximum absolute atomic E-state index is 12.2. The third-order valence-corrected chi connectivity index (χ3v) is 3.10. The molecule has 0 N–H and O–H groups in total. The first-order valence-electron chi connectivity index (χ1n) is 6.30. The average molecular weight is 241 g/mol. The maximum Gasteiger partial charge on any atom is 0.311 e. The minimum absolute atomic E-state index is 0.0738. The molecule has 1 aliphatic carbocycles. The van der Waals surface area contributed by atoms with E-state index in [2.05, 4.69) is 6.92 Å². The molecule has 0 aromatic heterocycles. The molecule has 1 saturated carbocycles. The molecule has 0 unspecified atom stereocenters. The molecule has 0 aromatic rings. The molecule has 98 valence electrons. The monoisotopic (exact) mass is 241 g/mol. The summed E-state index contributed by atoms with van der Waals surface area (Å²) < 4.78 is 4.72. The van der Waals surface area contributed by atoms with Gasteiger partial charge in [-0.25, -0.2) is 0 Å². The summed E-state index contributed by atoms with van der Waals surface area (Å²) in [5.74, 6) is -0.247. The summed E-state index contributed by atoms with van der Waals surface area (Å²) >= 11 is 0. The van der Waals surface area contributed by atoms with Gasteiger partial charge in [0.05, 0.1) is 12.5 Å². The zero-order valence-corrected chi connectivity index (χ0v) is 11.3. The fourth-order valence-corrected chi connectivity index (χ4v) is 1.97. The van der Waals surface area contributed by atoms with Crippen LogP contribution >= 0.6 is 0 Å². The Labute approximate surface area is 103 Å². The van der Waals surface area contributed by atoms with Crippen molar-refractivity contribution in [3.05, 3.63) is 0 Å². The number of nitrogens with zero attached hydrogens (tertiary/aromatic N) is 1. The highest BCUT2D eigenvalue weighted by Crippen LogP contribution is 2.30. The van der Waals surface area contributed by atoms with Crippen LogP contribution in [0.2, 0.25) is 0 Å². The van der Waals surface area contributed by atoms with E-state index in [1.54, 1.807) is 13.8 Å². The Morgan fingerprint density at radius 2 is 1.94 bits per heavy atom. The van der Waals surface area contributed by atoms with E-state index < -0.39 is 5.41 Å². The van der Waals surface area contributed by atoms with Crippen molar-refractivity contribution in [2.45, 2.75) is 52.5 Å². The van der Waals surface area contributed by atoms with Crippen LogP contribution in [0.4, 0.5) is 0 Å². The van der Waals surface area contributed by atoms with E-state index in [0.717, 1.165) is 25.8 Å². The normalized spacial score (nSPS) is 15.5. The fourth-order valence-electron chi connectivity index (χ4n) is 1.97. The molecule has 1 rings (SSSR count). The minimum atomic E-state index is -0.729. The lowest BCUT2D eigenvalue weighted by atomic mass is 9.89. The Hall–Kier alpha value is -1.06. The lowest BCUT2D eigenvalue weighted by Crippen LogP contribution is -2.39. The Kier molecular flexibility index (Phi) is 4.54. The van der Waals surface area contributed by atoms with Gasteiger partial charge in [-0.15, -0.1) is 0 Å². The molecule has 4 nitrogen and oxygen atoms in total. The van der Waals surface area contributed by atoms with Crippen LogP contribution in [-0.4, -0.2) is 36.5 Å². The highest BCUT2D eigenvalue weighted by molar-refractivity contribution is 5.85. The predicted octanol–water partition coefficient (Wildman–Crippen LogP) is 1.98. The molecule has 4 heteroatoms. The molecule has 0 aliphatic heterocycles. The number of amides is 1. The molecule has 1 fully saturated rings. The van der Waals surface area contributed by atoms with Gasteiger partial charge in [0.15, 0.2) is 0 Å². The van der Waals surface area contributed by atoms with Gasteiger partial charge >= 0.3 is 5.97 Å². The summed E-state index contributed by atoms with van der Waals surface area (Å²) in [6, 6.07) is 0.413. The molecule has 0 heterocycles. The highest BCUT2D eigenvalue weighted by atomic mass is 16.5. The van der Waals surface area contributed by atoms with Crippen LogP contribution in [0, 0.1) is 5.41 Å². The summed E-state index contributed by atoms with van der Waals surface area (Å²) in [6.45, 7) is 6.37.